The second kappa shape index (κ2) is 8.86. The second-order valence-electron chi connectivity index (χ2n) is 8.68. The number of pyridine rings is 1. The Kier molecular flexibility index (Phi) is 5.88. The first kappa shape index (κ1) is 22.6. The predicted octanol–water partition coefficient (Wildman–Crippen LogP) is 3.55. The van der Waals surface area contributed by atoms with E-state index in [0.29, 0.717) is 55.5 Å². The van der Waals surface area contributed by atoms with Gasteiger partial charge < -0.3 is 20.5 Å². The Morgan fingerprint density at radius 1 is 1.21 bits per heavy atom. The number of amidine groups is 1. The van der Waals surface area contributed by atoms with E-state index in [-0.39, 0.29) is 17.0 Å². The first-order chi connectivity index (χ1) is 16.4. The molecule has 2 aliphatic heterocycles. The number of rotatable bonds is 7. The molecule has 10 heteroatoms. The average molecular weight is 469 g/mol. The van der Waals surface area contributed by atoms with Crippen LogP contribution in [-0.4, -0.2) is 53.0 Å². The monoisotopic (exact) mass is 468 g/mol. The number of anilines is 1. The van der Waals surface area contributed by atoms with E-state index in [9.17, 15) is 8.78 Å². The molecule has 178 valence electrons. The Hall–Kier alpha value is -3.21. The van der Waals surface area contributed by atoms with Crippen molar-refractivity contribution in [3.63, 3.8) is 0 Å². The third kappa shape index (κ3) is 3.97. The predicted molar refractivity (Wildman–Crippen MR) is 124 cm³/mol. The lowest BCUT2D eigenvalue weighted by Gasteiger charge is -2.40. The molecule has 0 unspecified atom stereocenters. The Balaban J connectivity index is 1.48. The van der Waals surface area contributed by atoms with Crippen molar-refractivity contribution in [3.8, 4) is 11.3 Å². The van der Waals surface area contributed by atoms with Crippen molar-refractivity contribution < 1.29 is 18.3 Å². The molecule has 34 heavy (non-hydrogen) atoms. The Morgan fingerprint density at radius 2 is 1.97 bits per heavy atom. The number of nitrogens with two attached hydrogens (primary N) is 1. The van der Waals surface area contributed by atoms with Crippen LogP contribution in [0.15, 0.2) is 29.3 Å². The highest BCUT2D eigenvalue weighted by molar-refractivity contribution is 6.13. The van der Waals surface area contributed by atoms with Gasteiger partial charge in [0.15, 0.2) is 0 Å². The maximum atomic E-state index is 14.6. The van der Waals surface area contributed by atoms with Crippen LogP contribution in [0.25, 0.3) is 11.3 Å². The van der Waals surface area contributed by atoms with Crippen LogP contribution in [0.4, 0.5) is 20.2 Å². The summed E-state index contributed by atoms with van der Waals surface area (Å²) in [6.45, 7) is 5.69. The van der Waals surface area contributed by atoms with Crippen LogP contribution >= 0.6 is 0 Å². The minimum atomic E-state index is -0.702. The smallest absolute Gasteiger partial charge is 0.144 e. The summed E-state index contributed by atoms with van der Waals surface area (Å²) in [7, 11) is 0. The number of ether oxygens (including phenoxy) is 2. The van der Waals surface area contributed by atoms with Crippen molar-refractivity contribution in [3.05, 3.63) is 58.5 Å². The summed E-state index contributed by atoms with van der Waals surface area (Å²) in [4.78, 5) is 9.32. The largest absolute Gasteiger partial charge is 0.375 e. The summed E-state index contributed by atoms with van der Waals surface area (Å²) in [5.74, 6) is -1.33. The second-order valence-corrected chi connectivity index (χ2v) is 8.68. The van der Waals surface area contributed by atoms with E-state index in [1.165, 1.54) is 18.2 Å². The van der Waals surface area contributed by atoms with Crippen LogP contribution < -0.4 is 11.1 Å². The number of fused-ring (bicyclic) bond motifs is 3. The van der Waals surface area contributed by atoms with E-state index in [0.717, 1.165) is 23.4 Å². The summed E-state index contributed by atoms with van der Waals surface area (Å²) < 4.78 is 40.4. The lowest BCUT2D eigenvalue weighted by molar-refractivity contribution is -0.203. The van der Waals surface area contributed by atoms with E-state index in [4.69, 9.17) is 20.2 Å². The maximum Gasteiger partial charge on any atom is 0.144 e. The number of aryl methyl sites for hydroxylation is 3. The number of aromatic nitrogens is 3. The first-order valence-corrected chi connectivity index (χ1v) is 11.2. The zero-order valence-electron chi connectivity index (χ0n) is 19.0. The Labute approximate surface area is 195 Å². The van der Waals surface area contributed by atoms with Crippen molar-refractivity contribution >= 4 is 17.2 Å². The fraction of sp³-hybridized carbons (Fsp3) is 0.375. The van der Waals surface area contributed by atoms with Crippen molar-refractivity contribution in [1.29, 1.82) is 0 Å². The van der Waals surface area contributed by atoms with E-state index in [1.54, 1.807) is 0 Å². The van der Waals surface area contributed by atoms with Gasteiger partial charge in [0, 0.05) is 24.4 Å². The SMILES string of the molecule is Cc1nc(CCCOC2(CN)COC2)cc2c1N=C(c1c(F)cccc1F)Nc1c-2n[nH]c1C. The van der Waals surface area contributed by atoms with Crippen molar-refractivity contribution in [1.82, 2.24) is 15.2 Å². The van der Waals surface area contributed by atoms with E-state index < -0.39 is 11.6 Å². The maximum absolute atomic E-state index is 14.6. The van der Waals surface area contributed by atoms with Crippen molar-refractivity contribution in [2.75, 3.05) is 31.7 Å². The number of aromatic amines is 1. The van der Waals surface area contributed by atoms with Crippen LogP contribution in [0.3, 0.4) is 0 Å². The number of benzene rings is 1. The summed E-state index contributed by atoms with van der Waals surface area (Å²) >= 11 is 0. The summed E-state index contributed by atoms with van der Waals surface area (Å²) in [6.07, 6.45) is 1.44. The zero-order valence-corrected chi connectivity index (χ0v) is 19.0. The molecule has 4 heterocycles. The van der Waals surface area contributed by atoms with E-state index >= 15 is 0 Å². The standard InChI is InChI=1S/C24H26F2N6O2/c1-13-20-16(9-15(28-13)5-4-8-34-24(10-27)11-33-12-24)22-21(14(2)31-32-22)30-23(29-20)19-17(25)6-3-7-18(19)26/h3,6-7,9H,4-5,8,10-12,27H2,1-2H3,(H,29,30)(H,31,32). The number of hydrogen-bond donors (Lipinski definition) is 3. The first-order valence-electron chi connectivity index (χ1n) is 11.2. The third-order valence-electron chi connectivity index (χ3n) is 6.18. The molecule has 1 fully saturated rings. The highest BCUT2D eigenvalue weighted by atomic mass is 19.1. The van der Waals surface area contributed by atoms with Crippen LogP contribution in [0.5, 0.6) is 0 Å². The molecule has 0 atom stereocenters. The summed E-state index contributed by atoms with van der Waals surface area (Å²) in [6, 6.07) is 5.67. The van der Waals surface area contributed by atoms with Crippen LogP contribution in [0.2, 0.25) is 0 Å². The minimum absolute atomic E-state index is 0.0703. The number of nitrogens with zero attached hydrogens (tertiary/aromatic N) is 3. The molecule has 5 rings (SSSR count). The van der Waals surface area contributed by atoms with Gasteiger partial charge in [0.2, 0.25) is 0 Å². The van der Waals surface area contributed by atoms with Crippen molar-refractivity contribution in [2.45, 2.75) is 32.3 Å². The van der Waals surface area contributed by atoms with Gasteiger partial charge in [-0.15, -0.1) is 0 Å². The number of halogens is 2. The van der Waals surface area contributed by atoms with Crippen molar-refractivity contribution in [2.24, 2.45) is 10.7 Å². The molecule has 0 saturated carbocycles. The van der Waals surface area contributed by atoms with Gasteiger partial charge in [-0.2, -0.15) is 5.10 Å². The van der Waals surface area contributed by atoms with Crippen LogP contribution in [0, 0.1) is 25.5 Å². The minimum Gasteiger partial charge on any atom is -0.375 e. The lowest BCUT2D eigenvalue weighted by atomic mass is 10.0. The molecule has 4 N–H and O–H groups in total. The zero-order chi connectivity index (χ0) is 23.9. The molecule has 0 spiro atoms. The third-order valence-corrected chi connectivity index (χ3v) is 6.18. The fourth-order valence-corrected chi connectivity index (χ4v) is 4.19. The van der Waals surface area contributed by atoms with Gasteiger partial charge in [-0.25, -0.2) is 13.8 Å². The molecule has 0 amide bonds. The quantitative estimate of drug-likeness (QED) is 0.458. The summed E-state index contributed by atoms with van der Waals surface area (Å²) in [5.41, 5.74) is 9.94. The lowest BCUT2D eigenvalue weighted by Crippen LogP contribution is -2.57. The van der Waals surface area contributed by atoms with Gasteiger partial charge >= 0.3 is 0 Å². The molecule has 1 saturated heterocycles. The molecule has 0 aliphatic carbocycles. The molecule has 2 aromatic heterocycles. The van der Waals surface area contributed by atoms with Gasteiger partial charge in [0.25, 0.3) is 0 Å². The molecular formula is C24H26F2N6O2. The number of aliphatic imine (C=N–C) groups is 1. The van der Waals surface area contributed by atoms with Gasteiger partial charge in [-0.3, -0.25) is 10.1 Å². The topological polar surface area (TPSA) is 110 Å². The number of nitrogens with one attached hydrogen (secondary N) is 2. The molecule has 0 radical (unpaired) electrons. The Morgan fingerprint density at radius 3 is 2.65 bits per heavy atom. The number of H-pyrrole nitrogens is 1. The fourth-order valence-electron chi connectivity index (χ4n) is 4.19. The average Bonchev–Trinajstić information content (AvgIpc) is 3.04. The van der Waals surface area contributed by atoms with Gasteiger partial charge in [0.05, 0.1) is 41.5 Å². The normalized spacial score (nSPS) is 16.1. The molecular weight excluding hydrogens is 442 g/mol. The van der Waals surface area contributed by atoms with Crippen LogP contribution in [-0.2, 0) is 15.9 Å². The Bertz CT molecular complexity index is 1240. The molecule has 1 aromatic carbocycles. The van der Waals surface area contributed by atoms with Gasteiger partial charge in [0.1, 0.15) is 28.8 Å². The number of hydrogen-bond acceptors (Lipinski definition) is 7. The van der Waals surface area contributed by atoms with E-state index in [1.807, 2.05) is 19.9 Å². The summed E-state index contributed by atoms with van der Waals surface area (Å²) in [5, 5.41) is 10.5. The van der Waals surface area contributed by atoms with E-state index in [2.05, 4.69) is 20.5 Å². The molecule has 8 nitrogen and oxygen atoms in total. The molecule has 0 bridgehead atoms. The van der Waals surface area contributed by atoms with Crippen LogP contribution in [0.1, 0.15) is 29.1 Å². The highest BCUT2D eigenvalue weighted by Gasteiger charge is 2.38. The molecule has 2 aliphatic rings. The van der Waals surface area contributed by atoms with Gasteiger partial charge in [-0.05, 0) is 44.9 Å². The van der Waals surface area contributed by atoms with Gasteiger partial charge in [-0.1, -0.05) is 6.07 Å². The highest BCUT2D eigenvalue weighted by Crippen LogP contribution is 2.40. The molecule has 3 aromatic rings.